The number of thiophene rings is 1. The van der Waals surface area contributed by atoms with Gasteiger partial charge in [0.1, 0.15) is 5.00 Å². The molecule has 2 atom stereocenters. The molecule has 2 fully saturated rings. The molecule has 35 heavy (non-hydrogen) atoms. The summed E-state index contributed by atoms with van der Waals surface area (Å²) in [6, 6.07) is 10.3. The number of amides is 2. The summed E-state index contributed by atoms with van der Waals surface area (Å²) in [4.78, 5) is 45.5. The average Bonchev–Trinajstić information content (AvgIpc) is 3.60. The standard InChI is InChI=1S/C26H24N6O2S/c33-23-20(16-12-15-7-11-35-25(15)27-13-16)21(24(34)30-23)22-18-5-1-2-6-19(18)28-26(29-22)32-10-9-31-8-3-4-17(31)14-32/h1-2,5-7,11,13,16-17H,3-4,8-10,12,14H2,(H,30,33,34). The fraction of sp³-hybridized carbons (Fsp3) is 0.346. The molecule has 4 aliphatic heterocycles. The van der Waals surface area contributed by atoms with Crippen molar-refractivity contribution in [3.8, 4) is 0 Å². The van der Waals surface area contributed by atoms with Crippen LogP contribution in [-0.2, 0) is 16.0 Å². The number of para-hydroxylation sites is 1. The largest absolute Gasteiger partial charge is 0.338 e. The minimum absolute atomic E-state index is 0.280. The summed E-state index contributed by atoms with van der Waals surface area (Å²) in [6.45, 7) is 3.88. The monoisotopic (exact) mass is 484 g/mol. The SMILES string of the molecule is O=C1NC(=O)C(C2C=Nc3sccc3C2)=C1c1nc(N2CCN3CCCC3C2)nc2ccccc12. The molecule has 9 heteroatoms. The van der Waals surface area contributed by atoms with Gasteiger partial charge in [0.15, 0.2) is 0 Å². The Hall–Kier alpha value is -3.43. The van der Waals surface area contributed by atoms with Crippen molar-refractivity contribution in [2.75, 3.05) is 31.1 Å². The second kappa shape index (κ2) is 8.07. The summed E-state index contributed by atoms with van der Waals surface area (Å²) in [7, 11) is 0. The second-order valence-corrected chi connectivity index (χ2v) is 10.5. The summed E-state index contributed by atoms with van der Waals surface area (Å²) in [5.41, 5.74) is 3.21. The first-order valence-electron chi connectivity index (χ1n) is 12.1. The van der Waals surface area contributed by atoms with Gasteiger partial charge in [-0.2, -0.15) is 0 Å². The number of carbonyl (C=O) groups is 2. The van der Waals surface area contributed by atoms with Crippen LogP contribution in [0.25, 0.3) is 16.5 Å². The summed E-state index contributed by atoms with van der Waals surface area (Å²) in [5, 5.41) is 6.28. The molecule has 0 bridgehead atoms. The van der Waals surface area contributed by atoms with Crippen LogP contribution in [0.2, 0.25) is 0 Å². The number of anilines is 1. The number of nitrogens with one attached hydrogen (secondary N) is 1. The lowest BCUT2D eigenvalue weighted by atomic mass is 9.88. The van der Waals surface area contributed by atoms with Crippen LogP contribution in [0.3, 0.4) is 0 Å². The molecule has 176 valence electrons. The van der Waals surface area contributed by atoms with Crippen LogP contribution >= 0.6 is 11.3 Å². The van der Waals surface area contributed by atoms with Gasteiger partial charge in [0.2, 0.25) is 5.95 Å². The summed E-state index contributed by atoms with van der Waals surface area (Å²) < 4.78 is 0. The van der Waals surface area contributed by atoms with Gasteiger partial charge in [-0.3, -0.25) is 19.8 Å². The van der Waals surface area contributed by atoms with E-state index in [1.165, 1.54) is 12.8 Å². The van der Waals surface area contributed by atoms with Crippen molar-refractivity contribution in [1.82, 2.24) is 20.2 Å². The molecular weight excluding hydrogens is 460 g/mol. The highest BCUT2D eigenvalue weighted by Gasteiger charge is 2.39. The first-order chi connectivity index (χ1) is 17.2. The molecule has 0 radical (unpaired) electrons. The van der Waals surface area contributed by atoms with Gasteiger partial charge in [0.25, 0.3) is 11.8 Å². The van der Waals surface area contributed by atoms with Gasteiger partial charge in [-0.05, 0) is 48.9 Å². The van der Waals surface area contributed by atoms with Crippen molar-refractivity contribution in [3.05, 3.63) is 52.5 Å². The highest BCUT2D eigenvalue weighted by molar-refractivity contribution is 7.14. The number of hydrogen-bond donors (Lipinski definition) is 1. The van der Waals surface area contributed by atoms with Gasteiger partial charge in [-0.25, -0.2) is 15.0 Å². The molecule has 0 saturated carbocycles. The van der Waals surface area contributed by atoms with Crippen LogP contribution in [-0.4, -0.2) is 65.1 Å². The lowest BCUT2D eigenvalue weighted by molar-refractivity contribution is -0.123. The average molecular weight is 485 g/mol. The number of carbonyl (C=O) groups excluding carboxylic acids is 2. The molecule has 2 amide bonds. The Bertz CT molecular complexity index is 1440. The van der Waals surface area contributed by atoms with Crippen molar-refractivity contribution >= 4 is 56.8 Å². The Morgan fingerprint density at radius 3 is 2.89 bits per heavy atom. The molecule has 0 spiro atoms. The van der Waals surface area contributed by atoms with Gasteiger partial charge < -0.3 is 4.90 Å². The molecule has 2 unspecified atom stereocenters. The van der Waals surface area contributed by atoms with E-state index in [0.29, 0.717) is 35.3 Å². The van der Waals surface area contributed by atoms with Crippen molar-refractivity contribution in [1.29, 1.82) is 0 Å². The van der Waals surface area contributed by atoms with Crippen LogP contribution < -0.4 is 10.2 Å². The predicted molar refractivity (Wildman–Crippen MR) is 136 cm³/mol. The number of fused-ring (bicyclic) bond motifs is 3. The molecule has 6 heterocycles. The molecule has 1 aromatic carbocycles. The smallest absolute Gasteiger partial charge is 0.260 e. The number of hydrogen-bond acceptors (Lipinski definition) is 8. The normalized spacial score (nSPS) is 24.3. The number of benzene rings is 1. The van der Waals surface area contributed by atoms with E-state index in [-0.39, 0.29) is 11.8 Å². The van der Waals surface area contributed by atoms with E-state index < -0.39 is 5.91 Å². The zero-order valence-corrected chi connectivity index (χ0v) is 19.9. The fourth-order valence-electron chi connectivity index (χ4n) is 5.85. The highest BCUT2D eigenvalue weighted by Crippen LogP contribution is 2.38. The second-order valence-electron chi connectivity index (χ2n) is 9.58. The van der Waals surface area contributed by atoms with Crippen LogP contribution in [0.4, 0.5) is 10.9 Å². The molecule has 7 rings (SSSR count). The van der Waals surface area contributed by atoms with Gasteiger partial charge in [0, 0.05) is 48.8 Å². The number of aliphatic imine (C=N–C) groups is 1. The van der Waals surface area contributed by atoms with E-state index in [1.54, 1.807) is 17.6 Å². The van der Waals surface area contributed by atoms with Gasteiger partial charge >= 0.3 is 0 Å². The van der Waals surface area contributed by atoms with E-state index in [1.807, 2.05) is 35.7 Å². The Labute approximate surface area is 206 Å². The topological polar surface area (TPSA) is 90.8 Å². The number of piperazine rings is 1. The minimum Gasteiger partial charge on any atom is -0.338 e. The third kappa shape index (κ3) is 3.41. The Kier molecular flexibility index (Phi) is 4.82. The number of rotatable bonds is 3. The van der Waals surface area contributed by atoms with Gasteiger partial charge in [-0.15, -0.1) is 11.3 Å². The van der Waals surface area contributed by atoms with Crippen molar-refractivity contribution < 1.29 is 9.59 Å². The molecule has 4 aliphatic rings. The lowest BCUT2D eigenvalue weighted by Gasteiger charge is -2.37. The Balaban J connectivity index is 1.36. The number of imide groups is 1. The lowest BCUT2D eigenvalue weighted by Crippen LogP contribution is -2.50. The molecule has 0 aliphatic carbocycles. The molecule has 2 aromatic heterocycles. The van der Waals surface area contributed by atoms with E-state index in [9.17, 15) is 9.59 Å². The first-order valence-corrected chi connectivity index (χ1v) is 13.0. The third-order valence-corrected chi connectivity index (χ3v) is 8.44. The highest BCUT2D eigenvalue weighted by atomic mass is 32.1. The summed E-state index contributed by atoms with van der Waals surface area (Å²) in [5.74, 6) is -0.409. The van der Waals surface area contributed by atoms with Crippen LogP contribution in [0.1, 0.15) is 24.1 Å². The Morgan fingerprint density at radius 1 is 1.03 bits per heavy atom. The maximum atomic E-state index is 13.2. The maximum absolute atomic E-state index is 13.2. The fourth-order valence-corrected chi connectivity index (χ4v) is 6.63. The van der Waals surface area contributed by atoms with Crippen LogP contribution in [0.15, 0.2) is 46.3 Å². The van der Waals surface area contributed by atoms with E-state index in [4.69, 9.17) is 9.97 Å². The van der Waals surface area contributed by atoms with Crippen molar-refractivity contribution in [2.45, 2.75) is 25.3 Å². The quantitative estimate of drug-likeness (QED) is 0.575. The number of aromatic nitrogens is 2. The van der Waals surface area contributed by atoms with Gasteiger partial charge in [-0.1, -0.05) is 18.2 Å². The van der Waals surface area contributed by atoms with E-state index >= 15 is 0 Å². The minimum atomic E-state index is -0.398. The van der Waals surface area contributed by atoms with Crippen molar-refractivity contribution in [3.63, 3.8) is 0 Å². The Morgan fingerprint density at radius 2 is 1.94 bits per heavy atom. The van der Waals surface area contributed by atoms with E-state index in [2.05, 4.69) is 20.1 Å². The first kappa shape index (κ1) is 20.9. The molecule has 3 aromatic rings. The van der Waals surface area contributed by atoms with Crippen LogP contribution in [0.5, 0.6) is 0 Å². The van der Waals surface area contributed by atoms with Crippen LogP contribution in [0, 0.1) is 5.92 Å². The predicted octanol–water partition coefficient (Wildman–Crippen LogP) is 2.96. The zero-order chi connectivity index (χ0) is 23.5. The summed E-state index contributed by atoms with van der Waals surface area (Å²) in [6.07, 6.45) is 4.86. The third-order valence-electron chi connectivity index (χ3n) is 7.57. The molecule has 2 saturated heterocycles. The molecule has 8 nitrogen and oxygen atoms in total. The van der Waals surface area contributed by atoms with Crippen molar-refractivity contribution in [2.24, 2.45) is 10.9 Å². The number of nitrogens with zero attached hydrogens (tertiary/aromatic N) is 5. The zero-order valence-electron chi connectivity index (χ0n) is 19.1. The van der Waals surface area contributed by atoms with E-state index in [0.717, 1.165) is 47.6 Å². The maximum Gasteiger partial charge on any atom is 0.260 e. The molecular formula is C26H24N6O2S. The molecule has 1 N–H and O–H groups in total. The van der Waals surface area contributed by atoms with Gasteiger partial charge in [0.05, 0.1) is 16.8 Å². The summed E-state index contributed by atoms with van der Waals surface area (Å²) >= 11 is 1.58.